The Morgan fingerprint density at radius 3 is 2.50 bits per heavy atom. The summed E-state index contributed by atoms with van der Waals surface area (Å²) in [5.74, 6) is 2.32. The summed E-state index contributed by atoms with van der Waals surface area (Å²) < 4.78 is 0. The average Bonchev–Trinajstić information content (AvgIpc) is 3.03. The Morgan fingerprint density at radius 2 is 1.93 bits per heavy atom. The summed E-state index contributed by atoms with van der Waals surface area (Å²) in [6, 6.07) is 8.61. The fourth-order valence-electron chi connectivity index (χ4n) is 1.47. The first-order chi connectivity index (χ1) is 6.88. The predicted octanol–water partition coefficient (Wildman–Crippen LogP) is 3.04. The summed E-state index contributed by atoms with van der Waals surface area (Å²) in [5, 5.41) is 0. The highest BCUT2D eigenvalue weighted by molar-refractivity contribution is 7.99. The first-order valence-electron chi connectivity index (χ1n) is 5.30. The Hall–Kier alpha value is -0.470. The highest BCUT2D eigenvalue weighted by Gasteiger charge is 2.20. The van der Waals surface area contributed by atoms with Crippen LogP contribution in [0.3, 0.4) is 0 Å². The maximum Gasteiger partial charge on any atom is 0.0178 e. The summed E-state index contributed by atoms with van der Waals surface area (Å²) in [6.45, 7) is 0.646. The van der Waals surface area contributed by atoms with Gasteiger partial charge in [0.25, 0.3) is 0 Å². The van der Waals surface area contributed by atoms with Crippen molar-refractivity contribution in [1.29, 1.82) is 0 Å². The van der Waals surface area contributed by atoms with Crippen LogP contribution in [0.15, 0.2) is 29.2 Å². The van der Waals surface area contributed by atoms with E-state index in [4.69, 9.17) is 5.73 Å². The molecule has 0 atom stereocenters. The van der Waals surface area contributed by atoms with Gasteiger partial charge in [0, 0.05) is 11.4 Å². The molecule has 14 heavy (non-hydrogen) atoms. The van der Waals surface area contributed by atoms with Crippen molar-refractivity contribution in [2.24, 2.45) is 11.7 Å². The molecule has 0 spiro atoms. The molecule has 76 valence electrons. The van der Waals surface area contributed by atoms with Crippen LogP contribution in [0.25, 0.3) is 0 Å². The van der Waals surface area contributed by atoms with Crippen LogP contribution in [0.2, 0.25) is 0 Å². The zero-order chi connectivity index (χ0) is 9.80. The van der Waals surface area contributed by atoms with Gasteiger partial charge in [0.15, 0.2) is 0 Å². The van der Waals surface area contributed by atoms with Gasteiger partial charge in [0.1, 0.15) is 0 Å². The largest absolute Gasteiger partial charge is 0.326 e. The average molecular weight is 207 g/mol. The Kier molecular flexibility index (Phi) is 3.49. The topological polar surface area (TPSA) is 26.0 Å². The van der Waals surface area contributed by atoms with Crippen molar-refractivity contribution >= 4 is 11.8 Å². The van der Waals surface area contributed by atoms with Crippen LogP contribution in [0.5, 0.6) is 0 Å². The zero-order valence-electron chi connectivity index (χ0n) is 8.41. The van der Waals surface area contributed by atoms with Crippen LogP contribution in [-0.2, 0) is 6.54 Å². The molecular formula is C12H17NS. The van der Waals surface area contributed by atoms with Crippen LogP contribution in [0, 0.1) is 5.92 Å². The molecule has 2 N–H and O–H groups in total. The second kappa shape index (κ2) is 4.85. The third-order valence-corrected chi connectivity index (χ3v) is 3.70. The van der Waals surface area contributed by atoms with Gasteiger partial charge in [-0.2, -0.15) is 0 Å². The summed E-state index contributed by atoms with van der Waals surface area (Å²) in [5.41, 5.74) is 6.76. The molecule has 1 aromatic rings. The number of thioether (sulfide) groups is 1. The SMILES string of the molecule is NCc1ccc(SCCC2CC2)cc1. The summed E-state index contributed by atoms with van der Waals surface area (Å²) >= 11 is 1.97. The molecule has 0 bridgehead atoms. The quantitative estimate of drug-likeness (QED) is 0.751. The predicted molar refractivity (Wildman–Crippen MR) is 62.4 cm³/mol. The number of hydrogen-bond acceptors (Lipinski definition) is 2. The molecule has 0 heterocycles. The molecule has 1 saturated carbocycles. The van der Waals surface area contributed by atoms with Crippen molar-refractivity contribution in [3.63, 3.8) is 0 Å². The van der Waals surface area contributed by atoms with Gasteiger partial charge >= 0.3 is 0 Å². The van der Waals surface area contributed by atoms with Crippen molar-refractivity contribution in [3.05, 3.63) is 29.8 Å². The highest BCUT2D eigenvalue weighted by atomic mass is 32.2. The van der Waals surface area contributed by atoms with Gasteiger partial charge in [-0.05, 0) is 35.8 Å². The molecular weight excluding hydrogens is 190 g/mol. The smallest absolute Gasteiger partial charge is 0.0178 e. The number of hydrogen-bond donors (Lipinski definition) is 1. The molecule has 2 heteroatoms. The Balaban J connectivity index is 1.77. The van der Waals surface area contributed by atoms with E-state index in [9.17, 15) is 0 Å². The van der Waals surface area contributed by atoms with Gasteiger partial charge in [0.2, 0.25) is 0 Å². The first-order valence-corrected chi connectivity index (χ1v) is 6.29. The van der Waals surface area contributed by atoms with E-state index in [2.05, 4.69) is 24.3 Å². The molecule has 0 radical (unpaired) electrons. The molecule has 0 aromatic heterocycles. The van der Waals surface area contributed by atoms with Crippen molar-refractivity contribution in [1.82, 2.24) is 0 Å². The molecule has 1 aliphatic rings. The standard InChI is InChI=1S/C12H17NS/c13-9-11-3-5-12(6-4-11)14-8-7-10-1-2-10/h3-6,10H,1-2,7-9,13H2. The molecule has 0 saturated heterocycles. The van der Waals surface area contributed by atoms with E-state index >= 15 is 0 Å². The lowest BCUT2D eigenvalue weighted by Gasteiger charge is -2.02. The normalized spacial score (nSPS) is 15.8. The Labute approximate surface area is 90.1 Å². The summed E-state index contributed by atoms with van der Waals surface area (Å²) in [4.78, 5) is 1.38. The van der Waals surface area contributed by atoms with Crippen LogP contribution in [-0.4, -0.2) is 5.75 Å². The van der Waals surface area contributed by atoms with E-state index in [1.807, 2.05) is 11.8 Å². The molecule has 1 aliphatic carbocycles. The van der Waals surface area contributed by atoms with E-state index in [1.165, 1.54) is 35.5 Å². The van der Waals surface area contributed by atoms with Gasteiger partial charge in [0.05, 0.1) is 0 Å². The first kappa shape index (κ1) is 10.1. The van der Waals surface area contributed by atoms with Crippen LogP contribution in [0.4, 0.5) is 0 Å². The fourth-order valence-corrected chi connectivity index (χ4v) is 2.49. The second-order valence-electron chi connectivity index (χ2n) is 3.93. The molecule has 1 aromatic carbocycles. The molecule has 2 rings (SSSR count). The van der Waals surface area contributed by atoms with Crippen LogP contribution >= 0.6 is 11.8 Å². The molecule has 0 aliphatic heterocycles. The maximum atomic E-state index is 5.54. The van der Waals surface area contributed by atoms with E-state index in [1.54, 1.807) is 0 Å². The van der Waals surface area contributed by atoms with Gasteiger partial charge in [-0.25, -0.2) is 0 Å². The van der Waals surface area contributed by atoms with Gasteiger partial charge in [-0.1, -0.05) is 25.0 Å². The van der Waals surface area contributed by atoms with Gasteiger partial charge < -0.3 is 5.73 Å². The van der Waals surface area contributed by atoms with Crippen molar-refractivity contribution in [2.45, 2.75) is 30.7 Å². The van der Waals surface area contributed by atoms with Crippen LogP contribution < -0.4 is 5.73 Å². The number of rotatable bonds is 5. The molecule has 1 fully saturated rings. The van der Waals surface area contributed by atoms with Crippen molar-refractivity contribution in [2.75, 3.05) is 5.75 Å². The third kappa shape index (κ3) is 3.03. The van der Waals surface area contributed by atoms with Crippen molar-refractivity contribution in [3.8, 4) is 0 Å². The lowest BCUT2D eigenvalue weighted by Crippen LogP contribution is -1.95. The Bertz CT molecular complexity index is 277. The Morgan fingerprint density at radius 1 is 1.21 bits per heavy atom. The monoisotopic (exact) mass is 207 g/mol. The van der Waals surface area contributed by atoms with E-state index in [0.717, 1.165) is 5.92 Å². The maximum absolute atomic E-state index is 5.54. The molecule has 0 unspecified atom stereocenters. The minimum absolute atomic E-state index is 0.646. The minimum Gasteiger partial charge on any atom is -0.326 e. The van der Waals surface area contributed by atoms with E-state index in [-0.39, 0.29) is 0 Å². The minimum atomic E-state index is 0.646. The number of nitrogens with two attached hydrogens (primary N) is 1. The second-order valence-corrected chi connectivity index (χ2v) is 5.10. The zero-order valence-corrected chi connectivity index (χ0v) is 9.22. The van der Waals surface area contributed by atoms with E-state index < -0.39 is 0 Å². The van der Waals surface area contributed by atoms with E-state index in [0.29, 0.717) is 6.54 Å². The highest BCUT2D eigenvalue weighted by Crippen LogP contribution is 2.34. The van der Waals surface area contributed by atoms with Gasteiger partial charge in [-0.15, -0.1) is 11.8 Å². The summed E-state index contributed by atoms with van der Waals surface area (Å²) in [7, 11) is 0. The van der Waals surface area contributed by atoms with Gasteiger partial charge in [-0.3, -0.25) is 0 Å². The van der Waals surface area contributed by atoms with Crippen molar-refractivity contribution < 1.29 is 0 Å². The van der Waals surface area contributed by atoms with Crippen LogP contribution in [0.1, 0.15) is 24.8 Å². The number of benzene rings is 1. The lowest BCUT2D eigenvalue weighted by atomic mass is 10.2. The lowest BCUT2D eigenvalue weighted by molar-refractivity contribution is 0.809. The third-order valence-electron chi connectivity index (χ3n) is 2.65. The summed E-state index contributed by atoms with van der Waals surface area (Å²) in [6.07, 6.45) is 4.32. The fraction of sp³-hybridized carbons (Fsp3) is 0.500. The molecule has 1 nitrogen and oxygen atoms in total. The molecule has 0 amide bonds.